The van der Waals surface area contributed by atoms with Gasteiger partial charge in [0.1, 0.15) is 0 Å². The zero-order chi connectivity index (χ0) is 12.8. The molecule has 0 saturated carbocycles. The predicted octanol–water partition coefficient (Wildman–Crippen LogP) is 1.36. The molecule has 2 rings (SSSR count). The third kappa shape index (κ3) is 3.01. The Hall–Kier alpha value is -2.01. The van der Waals surface area contributed by atoms with Gasteiger partial charge in [0.2, 0.25) is 0 Å². The maximum absolute atomic E-state index is 8.79. The molecule has 2 aromatic heterocycles. The van der Waals surface area contributed by atoms with Crippen molar-refractivity contribution in [3.8, 4) is 11.3 Å². The van der Waals surface area contributed by atoms with Crippen molar-refractivity contribution >= 4 is 5.82 Å². The predicted molar refractivity (Wildman–Crippen MR) is 70.2 cm³/mol. The molecule has 0 bridgehead atoms. The van der Waals surface area contributed by atoms with Crippen LogP contribution in [0.4, 0.5) is 5.82 Å². The molecule has 0 fully saturated rings. The van der Waals surface area contributed by atoms with Crippen LogP contribution in [-0.4, -0.2) is 40.5 Å². The molecule has 0 aliphatic rings. The van der Waals surface area contributed by atoms with E-state index in [1.807, 2.05) is 36.2 Å². The normalized spacial score (nSPS) is 10.3. The van der Waals surface area contributed by atoms with Crippen LogP contribution in [0.25, 0.3) is 11.3 Å². The summed E-state index contributed by atoms with van der Waals surface area (Å²) in [6, 6.07) is 7.67. The van der Waals surface area contributed by atoms with E-state index in [1.54, 1.807) is 12.4 Å². The first-order valence-electron chi connectivity index (χ1n) is 5.87. The monoisotopic (exact) mass is 244 g/mol. The van der Waals surface area contributed by atoms with Gasteiger partial charge in [-0.25, -0.2) is 0 Å². The molecule has 1 N–H and O–H groups in total. The number of rotatable bonds is 5. The molecule has 0 spiro atoms. The Morgan fingerprint density at radius 1 is 1.11 bits per heavy atom. The molecule has 0 saturated heterocycles. The van der Waals surface area contributed by atoms with Gasteiger partial charge >= 0.3 is 0 Å². The highest BCUT2D eigenvalue weighted by Crippen LogP contribution is 2.16. The summed E-state index contributed by atoms with van der Waals surface area (Å²) in [7, 11) is 1.94. The van der Waals surface area contributed by atoms with E-state index in [4.69, 9.17) is 5.11 Å². The van der Waals surface area contributed by atoms with Crippen molar-refractivity contribution in [2.45, 2.75) is 6.42 Å². The first-order chi connectivity index (χ1) is 8.81. The lowest BCUT2D eigenvalue weighted by molar-refractivity contribution is 0.290. The minimum absolute atomic E-state index is 0.187. The van der Waals surface area contributed by atoms with Crippen LogP contribution in [-0.2, 0) is 0 Å². The maximum atomic E-state index is 8.79. The van der Waals surface area contributed by atoms with Gasteiger partial charge in [0.05, 0.1) is 5.69 Å². The molecule has 0 aliphatic carbocycles. The van der Waals surface area contributed by atoms with Crippen LogP contribution in [0.3, 0.4) is 0 Å². The summed E-state index contributed by atoms with van der Waals surface area (Å²) in [5, 5.41) is 17.2. The third-order valence-electron chi connectivity index (χ3n) is 2.67. The molecule has 5 heteroatoms. The zero-order valence-electron chi connectivity index (χ0n) is 10.3. The number of nitrogens with zero attached hydrogens (tertiary/aromatic N) is 4. The van der Waals surface area contributed by atoms with Gasteiger partial charge in [0, 0.05) is 38.2 Å². The molecule has 18 heavy (non-hydrogen) atoms. The van der Waals surface area contributed by atoms with Crippen LogP contribution >= 0.6 is 0 Å². The van der Waals surface area contributed by atoms with Crippen molar-refractivity contribution in [2.75, 3.05) is 25.1 Å². The number of pyridine rings is 1. The van der Waals surface area contributed by atoms with E-state index in [9.17, 15) is 0 Å². The number of aliphatic hydroxyl groups is 1. The average molecular weight is 244 g/mol. The molecule has 5 nitrogen and oxygen atoms in total. The van der Waals surface area contributed by atoms with Crippen molar-refractivity contribution in [1.82, 2.24) is 15.2 Å². The Kier molecular flexibility index (Phi) is 4.20. The van der Waals surface area contributed by atoms with Crippen molar-refractivity contribution in [3.63, 3.8) is 0 Å². The highest BCUT2D eigenvalue weighted by atomic mass is 16.3. The van der Waals surface area contributed by atoms with Crippen molar-refractivity contribution in [1.29, 1.82) is 0 Å². The lowest BCUT2D eigenvalue weighted by Crippen LogP contribution is -2.20. The summed E-state index contributed by atoms with van der Waals surface area (Å²) in [5.41, 5.74) is 1.83. The van der Waals surface area contributed by atoms with Gasteiger partial charge in [-0.05, 0) is 30.7 Å². The lowest BCUT2D eigenvalue weighted by atomic mass is 10.2. The van der Waals surface area contributed by atoms with Crippen LogP contribution < -0.4 is 4.90 Å². The molecule has 0 aliphatic heterocycles. The lowest BCUT2D eigenvalue weighted by Gasteiger charge is -2.16. The van der Waals surface area contributed by atoms with Crippen LogP contribution in [0, 0.1) is 0 Å². The fourth-order valence-corrected chi connectivity index (χ4v) is 1.63. The Bertz CT molecular complexity index is 472. The number of hydrogen-bond donors (Lipinski definition) is 1. The van der Waals surface area contributed by atoms with Gasteiger partial charge in [-0.3, -0.25) is 4.98 Å². The average Bonchev–Trinajstić information content (AvgIpc) is 2.46. The maximum Gasteiger partial charge on any atom is 0.151 e. The topological polar surface area (TPSA) is 62.1 Å². The van der Waals surface area contributed by atoms with Crippen molar-refractivity contribution in [2.24, 2.45) is 0 Å². The van der Waals surface area contributed by atoms with Crippen LogP contribution in [0.15, 0.2) is 36.7 Å². The number of anilines is 1. The zero-order valence-corrected chi connectivity index (χ0v) is 10.3. The van der Waals surface area contributed by atoms with E-state index in [-0.39, 0.29) is 6.61 Å². The van der Waals surface area contributed by atoms with E-state index in [1.165, 1.54) is 0 Å². The van der Waals surface area contributed by atoms with E-state index < -0.39 is 0 Å². The highest BCUT2D eigenvalue weighted by Gasteiger charge is 2.04. The van der Waals surface area contributed by atoms with E-state index in [0.29, 0.717) is 0 Å². The fourth-order valence-electron chi connectivity index (χ4n) is 1.63. The standard InChI is InChI=1S/C13H16N4O/c1-17(9-2-10-18)13-4-3-12(15-16-13)11-5-7-14-8-6-11/h3-8,18H,2,9-10H2,1H3. The van der Waals surface area contributed by atoms with E-state index in [2.05, 4.69) is 15.2 Å². The molecular formula is C13H16N4O. The Labute approximate surface area is 106 Å². The summed E-state index contributed by atoms with van der Waals surface area (Å²) in [5.74, 6) is 0.807. The summed E-state index contributed by atoms with van der Waals surface area (Å²) in [6.45, 7) is 0.951. The first kappa shape index (κ1) is 12.4. The smallest absolute Gasteiger partial charge is 0.151 e. The van der Waals surface area contributed by atoms with Gasteiger partial charge in [-0.2, -0.15) is 0 Å². The molecule has 2 aromatic rings. The Morgan fingerprint density at radius 3 is 2.50 bits per heavy atom. The third-order valence-corrected chi connectivity index (χ3v) is 2.67. The minimum atomic E-state index is 0.187. The van der Waals surface area contributed by atoms with E-state index >= 15 is 0 Å². The Morgan fingerprint density at radius 2 is 1.89 bits per heavy atom. The van der Waals surface area contributed by atoms with Crippen molar-refractivity contribution in [3.05, 3.63) is 36.7 Å². The van der Waals surface area contributed by atoms with Crippen LogP contribution in [0.5, 0.6) is 0 Å². The SMILES string of the molecule is CN(CCCO)c1ccc(-c2ccncc2)nn1. The second kappa shape index (κ2) is 6.07. The summed E-state index contributed by atoms with van der Waals surface area (Å²) >= 11 is 0. The van der Waals surface area contributed by atoms with Gasteiger partial charge in [-0.1, -0.05) is 0 Å². The second-order valence-corrected chi connectivity index (χ2v) is 4.01. The number of aliphatic hydroxyl groups excluding tert-OH is 1. The molecule has 0 aromatic carbocycles. The minimum Gasteiger partial charge on any atom is -0.396 e. The van der Waals surface area contributed by atoms with Gasteiger partial charge in [0.15, 0.2) is 5.82 Å². The number of hydrogen-bond acceptors (Lipinski definition) is 5. The van der Waals surface area contributed by atoms with Gasteiger partial charge in [-0.15, -0.1) is 10.2 Å². The first-order valence-corrected chi connectivity index (χ1v) is 5.87. The van der Waals surface area contributed by atoms with Gasteiger partial charge in [0.25, 0.3) is 0 Å². The van der Waals surface area contributed by atoms with Crippen LogP contribution in [0.1, 0.15) is 6.42 Å². The molecule has 94 valence electrons. The molecule has 0 atom stereocenters. The molecule has 2 heterocycles. The van der Waals surface area contributed by atoms with Gasteiger partial charge < -0.3 is 10.0 Å². The molecule has 0 amide bonds. The fraction of sp³-hybridized carbons (Fsp3) is 0.308. The number of aromatic nitrogens is 3. The largest absolute Gasteiger partial charge is 0.396 e. The highest BCUT2D eigenvalue weighted by molar-refractivity contribution is 5.58. The van der Waals surface area contributed by atoms with Crippen LogP contribution in [0.2, 0.25) is 0 Å². The van der Waals surface area contributed by atoms with Crippen molar-refractivity contribution < 1.29 is 5.11 Å². The summed E-state index contributed by atoms with van der Waals surface area (Å²) in [6.07, 6.45) is 4.20. The second-order valence-electron chi connectivity index (χ2n) is 4.01. The molecule has 0 radical (unpaired) electrons. The molecule has 0 unspecified atom stereocenters. The molecular weight excluding hydrogens is 228 g/mol. The Balaban J connectivity index is 2.10. The summed E-state index contributed by atoms with van der Waals surface area (Å²) < 4.78 is 0. The quantitative estimate of drug-likeness (QED) is 0.860. The summed E-state index contributed by atoms with van der Waals surface area (Å²) in [4.78, 5) is 5.94. The van der Waals surface area contributed by atoms with E-state index in [0.717, 1.165) is 30.0 Å².